The van der Waals surface area contributed by atoms with Gasteiger partial charge in [0.05, 0.1) is 4.91 Å². The van der Waals surface area contributed by atoms with Crippen molar-refractivity contribution in [3.8, 4) is 5.75 Å². The first kappa shape index (κ1) is 16.8. The number of ether oxygens (including phenoxy) is 1. The molecule has 1 N–H and O–H groups in total. The normalized spacial score (nSPS) is 15.5. The molecule has 0 atom stereocenters. The van der Waals surface area contributed by atoms with Gasteiger partial charge in [-0.2, -0.15) is 0 Å². The molecule has 0 bridgehead atoms. The predicted octanol–water partition coefficient (Wildman–Crippen LogP) is 4.91. The highest BCUT2D eigenvalue weighted by molar-refractivity contribution is 8.26. The number of rotatable bonds is 4. The largest absolute Gasteiger partial charge is 0.489 e. The summed E-state index contributed by atoms with van der Waals surface area (Å²) in [6.07, 6.45) is 1.82. The summed E-state index contributed by atoms with van der Waals surface area (Å²) in [5, 5.41) is 5.02. The molecule has 1 saturated heterocycles. The highest BCUT2D eigenvalue weighted by atomic mass is 32.2. The van der Waals surface area contributed by atoms with Crippen LogP contribution in [0.3, 0.4) is 0 Å². The standard InChI is InChI=1S/C21H15NO2S2/c23-20-19(26-21(25)22-20)12-14-5-3-9-17(11-14)24-13-16-8-4-7-15-6-1-2-10-18(15)16/h1-12H,13H2,(H,22,23,25). The molecule has 1 heterocycles. The molecule has 1 aliphatic heterocycles. The maximum atomic E-state index is 11.8. The van der Waals surface area contributed by atoms with Crippen molar-refractivity contribution in [1.82, 2.24) is 5.32 Å². The molecule has 0 unspecified atom stereocenters. The van der Waals surface area contributed by atoms with Gasteiger partial charge in [0.25, 0.3) is 5.91 Å². The van der Waals surface area contributed by atoms with Gasteiger partial charge in [-0.25, -0.2) is 0 Å². The van der Waals surface area contributed by atoms with Crippen LogP contribution in [0.1, 0.15) is 11.1 Å². The second kappa shape index (κ2) is 7.32. The molecule has 1 aliphatic rings. The Morgan fingerprint density at radius 2 is 1.85 bits per heavy atom. The number of fused-ring (bicyclic) bond motifs is 1. The Morgan fingerprint density at radius 3 is 2.69 bits per heavy atom. The van der Waals surface area contributed by atoms with Crippen LogP contribution in [-0.2, 0) is 11.4 Å². The van der Waals surface area contributed by atoms with Gasteiger partial charge < -0.3 is 10.1 Å². The Hall–Kier alpha value is -2.63. The summed E-state index contributed by atoms with van der Waals surface area (Å²) < 4.78 is 6.48. The van der Waals surface area contributed by atoms with Gasteiger partial charge in [0, 0.05) is 0 Å². The number of hydrogen-bond donors (Lipinski definition) is 1. The molecule has 0 radical (unpaired) electrons. The number of carbonyl (C=O) groups excluding carboxylic acids is 1. The first-order valence-corrected chi connectivity index (χ1v) is 9.36. The third-order valence-electron chi connectivity index (χ3n) is 4.07. The maximum Gasteiger partial charge on any atom is 0.263 e. The lowest BCUT2D eigenvalue weighted by molar-refractivity contribution is -0.115. The summed E-state index contributed by atoms with van der Waals surface area (Å²) in [7, 11) is 0. The second-order valence-corrected chi connectivity index (χ2v) is 7.57. The molecular formula is C21H15NO2S2. The first-order valence-electron chi connectivity index (χ1n) is 8.13. The van der Waals surface area contributed by atoms with E-state index >= 15 is 0 Å². The van der Waals surface area contributed by atoms with E-state index in [0.29, 0.717) is 15.8 Å². The van der Waals surface area contributed by atoms with Crippen LogP contribution < -0.4 is 10.1 Å². The minimum atomic E-state index is -0.151. The molecule has 5 heteroatoms. The molecule has 0 spiro atoms. The van der Waals surface area contributed by atoms with Gasteiger partial charge in [-0.05, 0) is 40.1 Å². The van der Waals surface area contributed by atoms with Crippen molar-refractivity contribution in [1.29, 1.82) is 0 Å². The smallest absolute Gasteiger partial charge is 0.263 e. The number of thiocarbonyl (C=S) groups is 1. The summed E-state index contributed by atoms with van der Waals surface area (Å²) in [6.45, 7) is 0.487. The number of nitrogens with one attached hydrogen (secondary N) is 1. The van der Waals surface area contributed by atoms with Crippen LogP contribution in [0.5, 0.6) is 5.75 Å². The lowest BCUT2D eigenvalue weighted by atomic mass is 10.1. The molecule has 0 aliphatic carbocycles. The van der Waals surface area contributed by atoms with E-state index in [1.165, 1.54) is 22.5 Å². The van der Waals surface area contributed by atoms with E-state index in [2.05, 4.69) is 29.6 Å². The van der Waals surface area contributed by atoms with E-state index < -0.39 is 0 Å². The maximum absolute atomic E-state index is 11.8. The van der Waals surface area contributed by atoms with Crippen LogP contribution in [0, 0.1) is 0 Å². The van der Waals surface area contributed by atoms with Gasteiger partial charge in [0.15, 0.2) is 0 Å². The Balaban J connectivity index is 1.53. The summed E-state index contributed by atoms with van der Waals surface area (Å²) in [5.41, 5.74) is 2.05. The zero-order chi connectivity index (χ0) is 17.9. The monoisotopic (exact) mass is 377 g/mol. The Kier molecular flexibility index (Phi) is 4.73. The SMILES string of the molecule is O=C1NC(=S)SC1=Cc1cccc(OCc2cccc3ccccc23)c1. The number of hydrogen-bond acceptors (Lipinski definition) is 4. The zero-order valence-electron chi connectivity index (χ0n) is 13.8. The van der Waals surface area contributed by atoms with Crippen LogP contribution in [0.15, 0.2) is 71.6 Å². The van der Waals surface area contributed by atoms with E-state index in [1.54, 1.807) is 0 Å². The minimum absolute atomic E-state index is 0.151. The molecule has 3 aromatic carbocycles. The highest BCUT2D eigenvalue weighted by Crippen LogP contribution is 2.27. The third kappa shape index (κ3) is 3.64. The number of benzene rings is 3. The van der Waals surface area contributed by atoms with Crippen LogP contribution in [0.2, 0.25) is 0 Å². The van der Waals surface area contributed by atoms with Crippen LogP contribution in [0.4, 0.5) is 0 Å². The summed E-state index contributed by atoms with van der Waals surface area (Å²) in [6, 6.07) is 22.2. The highest BCUT2D eigenvalue weighted by Gasteiger charge is 2.21. The number of carbonyl (C=O) groups is 1. The average Bonchev–Trinajstić information content (AvgIpc) is 2.97. The van der Waals surface area contributed by atoms with Crippen molar-refractivity contribution in [3.05, 3.63) is 82.8 Å². The van der Waals surface area contributed by atoms with Gasteiger partial charge in [0.2, 0.25) is 0 Å². The molecule has 3 nitrogen and oxygen atoms in total. The number of thioether (sulfide) groups is 1. The molecule has 0 aromatic heterocycles. The first-order chi connectivity index (χ1) is 12.7. The van der Waals surface area contributed by atoms with Gasteiger partial charge in [-0.3, -0.25) is 4.79 Å². The van der Waals surface area contributed by atoms with E-state index in [-0.39, 0.29) is 5.91 Å². The van der Waals surface area contributed by atoms with Gasteiger partial charge in [0.1, 0.15) is 16.7 Å². The van der Waals surface area contributed by atoms with Crippen LogP contribution >= 0.6 is 24.0 Å². The average molecular weight is 377 g/mol. The van der Waals surface area contributed by atoms with Crippen LogP contribution in [-0.4, -0.2) is 10.2 Å². The minimum Gasteiger partial charge on any atom is -0.489 e. The molecule has 26 heavy (non-hydrogen) atoms. The van der Waals surface area contributed by atoms with Crippen molar-refractivity contribution >= 4 is 51.1 Å². The topological polar surface area (TPSA) is 38.3 Å². The van der Waals surface area contributed by atoms with Gasteiger partial charge >= 0.3 is 0 Å². The summed E-state index contributed by atoms with van der Waals surface area (Å²) in [4.78, 5) is 12.4. The van der Waals surface area contributed by atoms with E-state index in [0.717, 1.165) is 16.9 Å². The summed E-state index contributed by atoms with van der Waals surface area (Å²) in [5.74, 6) is 0.611. The molecular weight excluding hydrogens is 362 g/mol. The Labute approximate surface area is 161 Å². The van der Waals surface area contributed by atoms with E-state index in [1.807, 2.05) is 48.5 Å². The van der Waals surface area contributed by atoms with E-state index in [9.17, 15) is 4.79 Å². The van der Waals surface area contributed by atoms with E-state index in [4.69, 9.17) is 17.0 Å². The molecule has 128 valence electrons. The van der Waals surface area contributed by atoms with Gasteiger partial charge in [-0.15, -0.1) is 0 Å². The quantitative estimate of drug-likeness (QED) is 0.518. The lowest BCUT2D eigenvalue weighted by Crippen LogP contribution is -2.17. The predicted molar refractivity (Wildman–Crippen MR) is 111 cm³/mol. The molecule has 0 saturated carbocycles. The second-order valence-electron chi connectivity index (χ2n) is 5.85. The molecule has 1 amide bonds. The van der Waals surface area contributed by atoms with Crippen molar-refractivity contribution in [2.75, 3.05) is 0 Å². The van der Waals surface area contributed by atoms with Crippen molar-refractivity contribution in [2.45, 2.75) is 6.61 Å². The van der Waals surface area contributed by atoms with Crippen molar-refractivity contribution in [3.63, 3.8) is 0 Å². The molecule has 3 aromatic rings. The van der Waals surface area contributed by atoms with Crippen molar-refractivity contribution < 1.29 is 9.53 Å². The Morgan fingerprint density at radius 1 is 1.04 bits per heavy atom. The zero-order valence-corrected chi connectivity index (χ0v) is 15.4. The lowest BCUT2D eigenvalue weighted by Gasteiger charge is -2.09. The number of amides is 1. The third-order valence-corrected chi connectivity index (χ3v) is 5.23. The van der Waals surface area contributed by atoms with Crippen molar-refractivity contribution in [2.24, 2.45) is 0 Å². The molecule has 1 fully saturated rings. The summed E-state index contributed by atoms with van der Waals surface area (Å²) >= 11 is 6.29. The fourth-order valence-corrected chi connectivity index (χ4v) is 3.89. The fraction of sp³-hybridized carbons (Fsp3) is 0.0476. The molecule has 4 rings (SSSR count). The Bertz CT molecular complexity index is 1040. The van der Waals surface area contributed by atoms with Crippen LogP contribution in [0.25, 0.3) is 16.8 Å². The fourth-order valence-electron chi connectivity index (χ4n) is 2.85. The van der Waals surface area contributed by atoms with Gasteiger partial charge in [-0.1, -0.05) is 78.6 Å².